The van der Waals surface area contributed by atoms with E-state index in [1.54, 1.807) is 10.7 Å². The van der Waals surface area contributed by atoms with Crippen molar-refractivity contribution in [2.75, 3.05) is 0 Å². The molecule has 0 radical (unpaired) electrons. The van der Waals surface area contributed by atoms with Gasteiger partial charge < -0.3 is 0 Å². The molecule has 0 saturated carbocycles. The zero-order chi connectivity index (χ0) is 13.3. The monoisotopic (exact) mass is 310 g/mol. The van der Waals surface area contributed by atoms with Crippen LogP contribution >= 0.6 is 15.9 Å². The fourth-order valence-corrected chi connectivity index (χ4v) is 2.24. The van der Waals surface area contributed by atoms with E-state index in [1.807, 2.05) is 19.9 Å². The van der Waals surface area contributed by atoms with E-state index in [9.17, 15) is 10.1 Å². The van der Waals surface area contributed by atoms with Crippen LogP contribution in [0.15, 0.2) is 22.7 Å². The van der Waals surface area contributed by atoms with Gasteiger partial charge in [0, 0.05) is 6.07 Å². The molecule has 0 aliphatic heterocycles. The molecule has 0 unspecified atom stereocenters. The molecule has 0 atom stereocenters. The van der Waals surface area contributed by atoms with Gasteiger partial charge in [-0.3, -0.25) is 10.1 Å². The van der Waals surface area contributed by atoms with Crippen molar-refractivity contribution < 1.29 is 4.92 Å². The van der Waals surface area contributed by atoms with Gasteiger partial charge in [-0.15, -0.1) is 0 Å². The predicted octanol–water partition coefficient (Wildman–Crippen LogP) is 2.61. The van der Waals surface area contributed by atoms with Gasteiger partial charge in [-0.25, -0.2) is 9.67 Å². The van der Waals surface area contributed by atoms with Gasteiger partial charge >= 0.3 is 0 Å². The summed E-state index contributed by atoms with van der Waals surface area (Å²) < 4.78 is 2.21. The average Bonchev–Trinajstić information content (AvgIpc) is 2.60. The lowest BCUT2D eigenvalue weighted by Crippen LogP contribution is -2.05. The molecule has 7 heteroatoms. The van der Waals surface area contributed by atoms with Crippen LogP contribution in [0.1, 0.15) is 17.2 Å². The number of hydrogen-bond acceptors (Lipinski definition) is 4. The molecule has 0 fully saturated rings. The Labute approximate surface area is 112 Å². The fourth-order valence-electron chi connectivity index (χ4n) is 1.70. The van der Waals surface area contributed by atoms with Crippen molar-refractivity contribution in [3.05, 3.63) is 50.0 Å². The molecular formula is C11H11BrN4O2. The average molecular weight is 311 g/mol. The Morgan fingerprint density at radius 2 is 2.17 bits per heavy atom. The maximum atomic E-state index is 10.8. The van der Waals surface area contributed by atoms with E-state index in [2.05, 4.69) is 26.0 Å². The van der Waals surface area contributed by atoms with Gasteiger partial charge in [-0.2, -0.15) is 5.10 Å². The summed E-state index contributed by atoms with van der Waals surface area (Å²) >= 11 is 3.27. The van der Waals surface area contributed by atoms with Gasteiger partial charge in [-0.1, -0.05) is 12.1 Å². The third kappa shape index (κ3) is 2.40. The Balaban J connectivity index is 2.38. The fraction of sp³-hybridized carbons (Fsp3) is 0.273. The number of hydrogen-bond donors (Lipinski definition) is 0. The molecule has 0 aliphatic carbocycles. The van der Waals surface area contributed by atoms with Crippen LogP contribution in [0.3, 0.4) is 0 Å². The van der Waals surface area contributed by atoms with Crippen LogP contribution in [0.2, 0.25) is 0 Å². The van der Waals surface area contributed by atoms with E-state index in [1.165, 1.54) is 6.07 Å². The van der Waals surface area contributed by atoms with Crippen LogP contribution < -0.4 is 0 Å². The lowest BCUT2D eigenvalue weighted by atomic mass is 10.2. The van der Waals surface area contributed by atoms with Crippen molar-refractivity contribution in [3.63, 3.8) is 0 Å². The first kappa shape index (κ1) is 12.7. The first-order chi connectivity index (χ1) is 8.49. The number of aromatic nitrogens is 3. The van der Waals surface area contributed by atoms with Crippen molar-refractivity contribution in [1.82, 2.24) is 14.8 Å². The second-order valence-electron chi connectivity index (χ2n) is 3.87. The Kier molecular flexibility index (Phi) is 3.42. The smallest absolute Gasteiger partial charge is 0.258 e. The number of nitro benzene ring substituents is 1. The summed E-state index contributed by atoms with van der Waals surface area (Å²) in [5.74, 6) is 1.47. The van der Waals surface area contributed by atoms with Gasteiger partial charge in [0.1, 0.15) is 16.1 Å². The van der Waals surface area contributed by atoms with Crippen molar-refractivity contribution in [2.24, 2.45) is 0 Å². The van der Waals surface area contributed by atoms with Crippen molar-refractivity contribution in [3.8, 4) is 0 Å². The van der Waals surface area contributed by atoms with Crippen molar-refractivity contribution >= 4 is 21.6 Å². The molecule has 6 nitrogen and oxygen atoms in total. The summed E-state index contributed by atoms with van der Waals surface area (Å²) in [5, 5.41) is 15.1. The van der Waals surface area contributed by atoms with Crippen molar-refractivity contribution in [1.29, 1.82) is 0 Å². The number of nitro groups is 1. The van der Waals surface area contributed by atoms with Crippen LogP contribution in [0, 0.1) is 24.0 Å². The Bertz CT molecular complexity index is 609. The SMILES string of the molecule is Cc1nc(C)n(Cc2cccc([N+](=O)[O-])c2Br)n1. The molecule has 0 spiro atoms. The highest BCUT2D eigenvalue weighted by atomic mass is 79.9. The van der Waals surface area contributed by atoms with E-state index in [0.29, 0.717) is 16.8 Å². The van der Waals surface area contributed by atoms with Gasteiger partial charge in [0.25, 0.3) is 5.69 Å². The highest BCUT2D eigenvalue weighted by molar-refractivity contribution is 9.10. The normalized spacial score (nSPS) is 10.6. The number of benzene rings is 1. The Hall–Kier alpha value is -1.76. The van der Waals surface area contributed by atoms with Gasteiger partial charge in [0.05, 0.1) is 11.5 Å². The van der Waals surface area contributed by atoms with Crippen LogP contribution in [-0.2, 0) is 6.54 Å². The molecule has 0 aliphatic rings. The third-order valence-corrected chi connectivity index (χ3v) is 3.45. The molecule has 0 bridgehead atoms. The number of aryl methyl sites for hydroxylation is 2. The predicted molar refractivity (Wildman–Crippen MR) is 69.4 cm³/mol. The van der Waals surface area contributed by atoms with E-state index in [4.69, 9.17) is 0 Å². The highest BCUT2D eigenvalue weighted by Gasteiger charge is 2.15. The van der Waals surface area contributed by atoms with Crippen molar-refractivity contribution in [2.45, 2.75) is 20.4 Å². The van der Waals surface area contributed by atoms with E-state index in [-0.39, 0.29) is 5.69 Å². The largest absolute Gasteiger partial charge is 0.283 e. The minimum absolute atomic E-state index is 0.0574. The maximum absolute atomic E-state index is 10.8. The molecule has 2 rings (SSSR count). The molecular weight excluding hydrogens is 300 g/mol. The van der Waals surface area contributed by atoms with E-state index >= 15 is 0 Å². The summed E-state index contributed by atoms with van der Waals surface area (Å²) in [6.07, 6.45) is 0. The minimum atomic E-state index is -0.410. The lowest BCUT2D eigenvalue weighted by molar-refractivity contribution is -0.385. The molecule has 1 heterocycles. The summed E-state index contributed by atoms with van der Waals surface area (Å²) in [5.41, 5.74) is 0.860. The Morgan fingerprint density at radius 3 is 2.72 bits per heavy atom. The van der Waals surface area contributed by atoms with Crippen LogP contribution in [0.4, 0.5) is 5.69 Å². The molecule has 1 aromatic carbocycles. The van der Waals surface area contributed by atoms with Crippen LogP contribution in [0.5, 0.6) is 0 Å². The van der Waals surface area contributed by atoms with Gasteiger partial charge in [-0.05, 0) is 35.3 Å². The molecule has 18 heavy (non-hydrogen) atoms. The van der Waals surface area contributed by atoms with Crippen LogP contribution in [0.25, 0.3) is 0 Å². The molecule has 0 amide bonds. The number of halogens is 1. The summed E-state index contributed by atoms with van der Waals surface area (Å²) in [6, 6.07) is 4.96. The first-order valence-electron chi connectivity index (χ1n) is 5.29. The minimum Gasteiger partial charge on any atom is -0.258 e. The van der Waals surface area contributed by atoms with E-state index < -0.39 is 4.92 Å². The summed E-state index contributed by atoms with van der Waals surface area (Å²) in [7, 11) is 0. The second-order valence-corrected chi connectivity index (χ2v) is 4.66. The molecule has 0 saturated heterocycles. The molecule has 2 aromatic rings. The topological polar surface area (TPSA) is 73.8 Å². The van der Waals surface area contributed by atoms with E-state index in [0.717, 1.165) is 11.4 Å². The summed E-state index contributed by atoms with van der Waals surface area (Å²) in [4.78, 5) is 14.6. The standard InChI is InChI=1S/C11H11BrN4O2/c1-7-13-8(2)15(14-7)6-9-4-3-5-10(11(9)12)16(17)18/h3-5H,6H2,1-2H3. The number of nitrogens with zero attached hydrogens (tertiary/aromatic N) is 4. The first-order valence-corrected chi connectivity index (χ1v) is 6.08. The van der Waals surface area contributed by atoms with Gasteiger partial charge in [0.15, 0.2) is 0 Å². The molecule has 0 N–H and O–H groups in total. The Morgan fingerprint density at radius 1 is 1.44 bits per heavy atom. The van der Waals surface area contributed by atoms with Crippen LogP contribution in [-0.4, -0.2) is 19.7 Å². The zero-order valence-electron chi connectivity index (χ0n) is 9.92. The molecule has 94 valence electrons. The number of rotatable bonds is 3. The lowest BCUT2D eigenvalue weighted by Gasteiger charge is -2.06. The highest BCUT2D eigenvalue weighted by Crippen LogP contribution is 2.28. The quantitative estimate of drug-likeness (QED) is 0.645. The van der Waals surface area contributed by atoms with Gasteiger partial charge in [0.2, 0.25) is 0 Å². The third-order valence-electron chi connectivity index (χ3n) is 2.54. The maximum Gasteiger partial charge on any atom is 0.283 e. The summed E-state index contributed by atoms with van der Waals surface area (Å²) in [6.45, 7) is 4.12. The molecule has 1 aromatic heterocycles. The zero-order valence-corrected chi connectivity index (χ0v) is 11.5. The second kappa shape index (κ2) is 4.85.